The van der Waals surface area contributed by atoms with Gasteiger partial charge < -0.3 is 8.83 Å². The zero-order valence-corrected chi connectivity index (χ0v) is 31.1. The summed E-state index contributed by atoms with van der Waals surface area (Å²) in [7, 11) is 0. The van der Waals surface area contributed by atoms with Crippen LogP contribution in [0.2, 0.25) is 0 Å². The van der Waals surface area contributed by atoms with E-state index in [-0.39, 0.29) is 0 Å². The number of oxazole rings is 2. The molecule has 272 valence electrons. The molecule has 11 rings (SSSR count). The van der Waals surface area contributed by atoms with Gasteiger partial charge in [0.15, 0.2) is 11.2 Å². The Labute approximate surface area is 333 Å². The van der Waals surface area contributed by atoms with Gasteiger partial charge in [-0.25, -0.2) is 15.0 Å². The van der Waals surface area contributed by atoms with Gasteiger partial charge in [0.05, 0.1) is 17.1 Å². The van der Waals surface area contributed by atoms with Gasteiger partial charge in [-0.15, -0.1) is 0 Å². The van der Waals surface area contributed by atoms with Crippen molar-refractivity contribution in [2.75, 3.05) is 0 Å². The number of fused-ring (bicyclic) bond motifs is 3. The molecule has 0 radical (unpaired) electrons. The highest BCUT2D eigenvalue weighted by Gasteiger charge is 2.17. The second kappa shape index (κ2) is 14.0. The van der Waals surface area contributed by atoms with Gasteiger partial charge in [-0.1, -0.05) is 121 Å². The van der Waals surface area contributed by atoms with Crippen molar-refractivity contribution in [3.05, 3.63) is 194 Å². The van der Waals surface area contributed by atoms with Crippen molar-refractivity contribution in [3.8, 4) is 78.9 Å². The first-order valence-corrected chi connectivity index (χ1v) is 19.2. The molecule has 11 aromatic rings. The molecule has 0 atom stereocenters. The first kappa shape index (κ1) is 33.4. The maximum atomic E-state index is 6.19. The third-order valence-electron chi connectivity index (χ3n) is 10.7. The predicted octanol–water partition coefficient (Wildman–Crippen LogP) is 13.6. The number of nitrogens with zero attached hydrogens (tertiary/aromatic N) is 4. The minimum Gasteiger partial charge on any atom is -0.436 e. The summed E-state index contributed by atoms with van der Waals surface area (Å²) in [5.74, 6) is 1.24. The Balaban J connectivity index is 0.932. The lowest BCUT2D eigenvalue weighted by molar-refractivity contribution is 0.619. The van der Waals surface area contributed by atoms with Crippen molar-refractivity contribution in [2.24, 2.45) is 0 Å². The maximum Gasteiger partial charge on any atom is 0.227 e. The molecule has 6 heteroatoms. The first-order valence-electron chi connectivity index (χ1n) is 19.2. The Morgan fingerprint density at radius 3 is 1.47 bits per heavy atom. The van der Waals surface area contributed by atoms with E-state index in [4.69, 9.17) is 18.8 Å². The van der Waals surface area contributed by atoms with Crippen LogP contribution < -0.4 is 0 Å². The number of rotatable bonds is 7. The SMILES string of the molecule is c1ccc(-c2ccc(-c3ccc(-c4ccc(-c5nc6ccccc6o5)cc4)cc3)c(-c3ccc(-c4ccc(-c5nc6ccccc6o5)c5ccccc45)cc3)n2)nc1. The predicted molar refractivity (Wildman–Crippen MR) is 233 cm³/mol. The van der Waals surface area contributed by atoms with Gasteiger partial charge in [0.1, 0.15) is 11.0 Å². The quantitative estimate of drug-likeness (QED) is 0.162. The van der Waals surface area contributed by atoms with Crippen LogP contribution in [0.1, 0.15) is 0 Å². The summed E-state index contributed by atoms with van der Waals surface area (Å²) >= 11 is 0. The highest BCUT2D eigenvalue weighted by molar-refractivity contribution is 6.04. The minimum absolute atomic E-state index is 0.619. The average Bonchev–Trinajstić information content (AvgIpc) is 3.94. The largest absolute Gasteiger partial charge is 0.436 e. The van der Waals surface area contributed by atoms with E-state index < -0.39 is 0 Å². The molecular formula is C52H32N4O2. The van der Waals surface area contributed by atoms with Gasteiger partial charge in [0.25, 0.3) is 0 Å². The summed E-state index contributed by atoms with van der Waals surface area (Å²) in [6.07, 6.45) is 1.80. The van der Waals surface area contributed by atoms with Gasteiger partial charge in [-0.05, 0) is 105 Å². The van der Waals surface area contributed by atoms with E-state index >= 15 is 0 Å². The maximum absolute atomic E-state index is 6.19. The van der Waals surface area contributed by atoms with E-state index in [1.54, 1.807) is 6.20 Å². The van der Waals surface area contributed by atoms with E-state index in [1.165, 1.54) is 0 Å². The summed E-state index contributed by atoms with van der Waals surface area (Å²) in [6.45, 7) is 0. The Morgan fingerprint density at radius 2 is 0.810 bits per heavy atom. The molecule has 0 bridgehead atoms. The molecule has 0 N–H and O–H groups in total. The lowest BCUT2D eigenvalue weighted by Gasteiger charge is -2.14. The molecule has 0 fully saturated rings. The topological polar surface area (TPSA) is 77.8 Å². The second-order valence-corrected chi connectivity index (χ2v) is 14.2. The summed E-state index contributed by atoms with van der Waals surface area (Å²) in [4.78, 5) is 19.3. The monoisotopic (exact) mass is 744 g/mol. The Morgan fingerprint density at radius 1 is 0.310 bits per heavy atom. The number of para-hydroxylation sites is 4. The number of pyridine rings is 2. The van der Waals surface area contributed by atoms with Gasteiger partial charge in [-0.3, -0.25) is 4.98 Å². The van der Waals surface area contributed by atoms with Crippen molar-refractivity contribution in [1.29, 1.82) is 0 Å². The number of benzene rings is 7. The fourth-order valence-corrected chi connectivity index (χ4v) is 7.74. The lowest BCUT2D eigenvalue weighted by atomic mass is 9.93. The molecule has 0 aliphatic rings. The van der Waals surface area contributed by atoms with Gasteiger partial charge in [0, 0.05) is 28.5 Å². The first-order chi connectivity index (χ1) is 28.7. The smallest absolute Gasteiger partial charge is 0.227 e. The molecule has 0 saturated heterocycles. The molecule has 7 aromatic carbocycles. The highest BCUT2D eigenvalue weighted by atomic mass is 16.4. The Bertz CT molecular complexity index is 3190. The van der Waals surface area contributed by atoms with Crippen LogP contribution >= 0.6 is 0 Å². The van der Waals surface area contributed by atoms with Gasteiger partial charge in [0.2, 0.25) is 11.8 Å². The average molecular weight is 745 g/mol. The molecular weight excluding hydrogens is 713 g/mol. The van der Waals surface area contributed by atoms with E-state index in [9.17, 15) is 0 Å². The van der Waals surface area contributed by atoms with Crippen molar-refractivity contribution in [2.45, 2.75) is 0 Å². The summed E-state index contributed by atoms with van der Waals surface area (Å²) in [6, 6.07) is 64.3. The van der Waals surface area contributed by atoms with Crippen LogP contribution in [-0.4, -0.2) is 19.9 Å². The summed E-state index contributed by atoms with van der Waals surface area (Å²) in [5.41, 5.74) is 15.3. The molecule has 6 nitrogen and oxygen atoms in total. The normalized spacial score (nSPS) is 11.4. The highest BCUT2D eigenvalue weighted by Crippen LogP contribution is 2.39. The Hall–Kier alpha value is -7.96. The van der Waals surface area contributed by atoms with Crippen LogP contribution in [0.25, 0.3) is 112 Å². The molecule has 0 aliphatic carbocycles. The molecule has 0 aliphatic heterocycles. The van der Waals surface area contributed by atoms with Gasteiger partial charge >= 0.3 is 0 Å². The van der Waals surface area contributed by atoms with Crippen molar-refractivity contribution < 1.29 is 8.83 Å². The fourth-order valence-electron chi connectivity index (χ4n) is 7.74. The van der Waals surface area contributed by atoms with E-state index in [2.05, 4.69) is 131 Å². The fraction of sp³-hybridized carbons (Fsp3) is 0. The number of aromatic nitrogens is 4. The standard InChI is InChI=1S/C52H32N4O2/c1-2-10-42-41(9-1)39(28-29-43(42)52-56-47-13-4-6-15-49(47)58-52)35-22-24-37(25-23-35)50-40(30-31-45(54-50)44-11-7-8-32-53-44)36-20-16-33(17-21-36)34-18-26-38(27-19-34)51-55-46-12-3-5-14-48(46)57-51/h1-32H. The molecule has 58 heavy (non-hydrogen) atoms. The third-order valence-corrected chi connectivity index (χ3v) is 10.7. The van der Waals surface area contributed by atoms with Crippen molar-refractivity contribution in [3.63, 3.8) is 0 Å². The zero-order valence-electron chi connectivity index (χ0n) is 31.1. The summed E-state index contributed by atoms with van der Waals surface area (Å²) in [5, 5.41) is 2.22. The number of hydrogen-bond donors (Lipinski definition) is 0. The second-order valence-electron chi connectivity index (χ2n) is 14.2. The Kier molecular flexibility index (Phi) is 8.04. The molecule has 0 unspecified atom stereocenters. The van der Waals surface area contributed by atoms with Crippen molar-refractivity contribution in [1.82, 2.24) is 19.9 Å². The zero-order chi connectivity index (χ0) is 38.4. The molecule has 0 spiro atoms. The van der Waals surface area contributed by atoms with Crippen LogP contribution in [0.4, 0.5) is 0 Å². The van der Waals surface area contributed by atoms with Crippen LogP contribution in [-0.2, 0) is 0 Å². The molecule has 4 aromatic heterocycles. The van der Waals surface area contributed by atoms with Crippen LogP contribution in [0, 0.1) is 0 Å². The summed E-state index contributed by atoms with van der Waals surface area (Å²) < 4.78 is 12.2. The third kappa shape index (κ3) is 6.01. The van der Waals surface area contributed by atoms with E-state index in [0.717, 1.165) is 100 Å². The molecule has 0 amide bonds. The molecule has 0 saturated carbocycles. The van der Waals surface area contributed by atoms with Crippen LogP contribution in [0.5, 0.6) is 0 Å². The van der Waals surface area contributed by atoms with E-state index in [1.807, 2.05) is 66.7 Å². The van der Waals surface area contributed by atoms with Gasteiger partial charge in [-0.2, -0.15) is 0 Å². The number of hydrogen-bond acceptors (Lipinski definition) is 6. The lowest BCUT2D eigenvalue weighted by Crippen LogP contribution is -1.94. The van der Waals surface area contributed by atoms with Crippen LogP contribution in [0.3, 0.4) is 0 Å². The van der Waals surface area contributed by atoms with E-state index in [0.29, 0.717) is 11.8 Å². The molecule has 4 heterocycles. The minimum atomic E-state index is 0.619. The van der Waals surface area contributed by atoms with Crippen molar-refractivity contribution >= 4 is 33.0 Å². The van der Waals surface area contributed by atoms with Crippen LogP contribution in [0.15, 0.2) is 203 Å².